The van der Waals surface area contributed by atoms with Crippen LogP contribution in [0.3, 0.4) is 0 Å². The normalized spacial score (nSPS) is 10.8. The highest BCUT2D eigenvalue weighted by Crippen LogP contribution is 2.30. The number of aromatic amines is 1. The smallest absolute Gasteiger partial charge is 0.343 e. The van der Waals surface area contributed by atoms with E-state index in [0.29, 0.717) is 18.8 Å². The van der Waals surface area contributed by atoms with Crippen molar-refractivity contribution in [3.05, 3.63) is 93.5 Å². The van der Waals surface area contributed by atoms with E-state index in [1.54, 1.807) is 17.6 Å². The Kier molecular flexibility index (Phi) is 8.51. The molecular weight excluding hydrogens is 516 g/mol. The second-order valence-electron chi connectivity index (χ2n) is 8.86. The van der Waals surface area contributed by atoms with Crippen molar-refractivity contribution in [2.24, 2.45) is 0 Å². The number of halogens is 1. The maximum Gasteiger partial charge on any atom is 0.343 e. The molecule has 0 aliphatic carbocycles. The second-order valence-corrected chi connectivity index (χ2v) is 8.86. The molecule has 3 aromatic heterocycles. The van der Waals surface area contributed by atoms with Crippen LogP contribution in [0.2, 0.25) is 0 Å². The number of pyridine rings is 2. The van der Waals surface area contributed by atoms with Gasteiger partial charge in [-0.05, 0) is 59.0 Å². The van der Waals surface area contributed by atoms with Crippen molar-refractivity contribution in [1.29, 1.82) is 0 Å². The molecule has 3 heterocycles. The Hall–Kier alpha value is -4.37. The second kappa shape index (κ2) is 12.0. The highest BCUT2D eigenvalue weighted by atomic mass is 35.5. The molecule has 9 nitrogen and oxygen atoms in total. The summed E-state index contributed by atoms with van der Waals surface area (Å²) in [4.78, 5) is 31.0. The van der Waals surface area contributed by atoms with Crippen molar-refractivity contribution >= 4 is 29.3 Å². The first-order valence-electron chi connectivity index (χ1n) is 12.7. The minimum Gasteiger partial charge on any atom is -0.462 e. The highest BCUT2D eigenvalue weighted by Gasteiger charge is 2.19. The van der Waals surface area contributed by atoms with Crippen molar-refractivity contribution in [3.63, 3.8) is 0 Å². The van der Waals surface area contributed by atoms with Crippen LogP contribution in [0.25, 0.3) is 33.4 Å². The van der Waals surface area contributed by atoms with Crippen LogP contribution in [0.4, 0.5) is 0 Å². The summed E-state index contributed by atoms with van der Waals surface area (Å²) >= 11 is 0. The fraction of sp³-hybridized carbons (Fsp3) is 0.241. The van der Waals surface area contributed by atoms with E-state index >= 15 is 0 Å². The van der Waals surface area contributed by atoms with Gasteiger partial charge >= 0.3 is 5.97 Å². The van der Waals surface area contributed by atoms with Gasteiger partial charge < -0.3 is 9.30 Å². The standard InChI is InChI=1S/C29H28N6O3.ClH/c1-4-20-15-26-23(25(5-2)30-20)16-24(29(37)38-6-3)28(36)35(26)17-18-11-13-19(14-12-18)21-9-7-8-10-22(21)27-31-33-34-32-27;/h7-16H,4-6,17H2,1-3H3,(H,31,32,33,34);1H. The minimum absolute atomic E-state index is 0. The van der Waals surface area contributed by atoms with Gasteiger partial charge in [-0.25, -0.2) is 9.89 Å². The van der Waals surface area contributed by atoms with E-state index in [1.807, 2.05) is 68.4 Å². The molecule has 0 spiro atoms. The monoisotopic (exact) mass is 544 g/mol. The van der Waals surface area contributed by atoms with E-state index in [2.05, 4.69) is 20.6 Å². The Morgan fingerprint density at radius 3 is 2.36 bits per heavy atom. The first kappa shape index (κ1) is 27.7. The number of aromatic nitrogens is 6. The average Bonchev–Trinajstić information content (AvgIpc) is 3.49. The molecule has 5 aromatic rings. The number of ether oxygens (including phenoxy) is 1. The summed E-state index contributed by atoms with van der Waals surface area (Å²) in [5.74, 6) is -0.0332. The van der Waals surface area contributed by atoms with E-state index in [0.717, 1.165) is 51.0 Å². The van der Waals surface area contributed by atoms with E-state index < -0.39 is 5.97 Å². The number of fused-ring (bicyclic) bond motifs is 1. The van der Waals surface area contributed by atoms with Crippen molar-refractivity contribution in [2.45, 2.75) is 40.2 Å². The Bertz CT molecular complexity index is 1660. The van der Waals surface area contributed by atoms with Gasteiger partial charge in [0.05, 0.1) is 18.7 Å². The molecule has 0 saturated carbocycles. The lowest BCUT2D eigenvalue weighted by atomic mass is 9.98. The molecule has 0 bridgehead atoms. The average molecular weight is 545 g/mol. The van der Waals surface area contributed by atoms with Gasteiger partial charge in [-0.15, -0.1) is 17.5 Å². The zero-order valence-electron chi connectivity index (χ0n) is 22.0. The summed E-state index contributed by atoms with van der Waals surface area (Å²) in [5, 5.41) is 15.0. The lowest BCUT2D eigenvalue weighted by Gasteiger charge is -2.16. The number of nitrogens with one attached hydrogen (secondary N) is 1. The summed E-state index contributed by atoms with van der Waals surface area (Å²) in [7, 11) is 0. The number of H-pyrrole nitrogens is 1. The van der Waals surface area contributed by atoms with Crippen molar-refractivity contribution in [2.75, 3.05) is 6.61 Å². The number of carbonyl (C=O) groups is 1. The van der Waals surface area contributed by atoms with Gasteiger partial charge in [0.1, 0.15) is 5.56 Å². The van der Waals surface area contributed by atoms with Crippen LogP contribution in [-0.4, -0.2) is 42.8 Å². The minimum atomic E-state index is -0.622. The molecule has 1 N–H and O–H groups in total. The first-order valence-corrected chi connectivity index (χ1v) is 12.7. The molecule has 0 unspecified atom stereocenters. The van der Waals surface area contributed by atoms with Crippen LogP contribution >= 0.6 is 12.4 Å². The highest BCUT2D eigenvalue weighted by molar-refractivity contribution is 5.94. The third-order valence-electron chi connectivity index (χ3n) is 6.55. The predicted octanol–water partition coefficient (Wildman–Crippen LogP) is 5.02. The number of esters is 1. The van der Waals surface area contributed by atoms with Crippen LogP contribution in [0, 0.1) is 0 Å². The van der Waals surface area contributed by atoms with Gasteiger partial charge in [0.15, 0.2) is 5.82 Å². The lowest BCUT2D eigenvalue weighted by molar-refractivity contribution is 0.0524. The number of benzene rings is 2. The van der Waals surface area contributed by atoms with Crippen LogP contribution in [0.15, 0.2) is 65.5 Å². The molecule has 10 heteroatoms. The number of hydrogen-bond acceptors (Lipinski definition) is 7. The fourth-order valence-electron chi connectivity index (χ4n) is 4.64. The molecule has 0 saturated heterocycles. The molecule has 2 aromatic carbocycles. The molecular formula is C29H29ClN6O3. The van der Waals surface area contributed by atoms with Crippen LogP contribution in [0.5, 0.6) is 0 Å². The van der Waals surface area contributed by atoms with E-state index in [1.165, 1.54) is 0 Å². The molecule has 0 aliphatic heterocycles. The zero-order chi connectivity index (χ0) is 26.6. The van der Waals surface area contributed by atoms with Gasteiger partial charge in [0, 0.05) is 22.3 Å². The molecule has 0 atom stereocenters. The Morgan fingerprint density at radius 2 is 1.72 bits per heavy atom. The lowest BCUT2D eigenvalue weighted by Crippen LogP contribution is -2.28. The number of nitrogens with zero attached hydrogens (tertiary/aromatic N) is 5. The van der Waals surface area contributed by atoms with E-state index in [-0.39, 0.29) is 30.1 Å². The third kappa shape index (κ3) is 5.44. The van der Waals surface area contributed by atoms with E-state index in [9.17, 15) is 9.59 Å². The predicted molar refractivity (Wildman–Crippen MR) is 152 cm³/mol. The number of carbonyl (C=O) groups excluding carboxylic acids is 1. The Morgan fingerprint density at radius 1 is 0.974 bits per heavy atom. The van der Waals surface area contributed by atoms with Gasteiger partial charge in [-0.3, -0.25) is 9.78 Å². The number of hydrogen-bond donors (Lipinski definition) is 1. The largest absolute Gasteiger partial charge is 0.462 e. The molecule has 39 heavy (non-hydrogen) atoms. The van der Waals surface area contributed by atoms with Crippen LogP contribution in [-0.2, 0) is 24.1 Å². The van der Waals surface area contributed by atoms with Gasteiger partial charge in [-0.2, -0.15) is 0 Å². The van der Waals surface area contributed by atoms with Crippen LogP contribution < -0.4 is 5.56 Å². The maximum absolute atomic E-state index is 13.6. The number of tetrazole rings is 1. The Balaban J connectivity index is 0.00000353. The van der Waals surface area contributed by atoms with Gasteiger partial charge in [0.2, 0.25) is 0 Å². The SMILES string of the molecule is CCOC(=O)c1cc2c(CC)nc(CC)cc2n(Cc2ccc(-c3ccccc3-c3nnn[nH]3)cc2)c1=O.Cl. The summed E-state index contributed by atoms with van der Waals surface area (Å²) in [6, 6.07) is 19.5. The third-order valence-corrected chi connectivity index (χ3v) is 6.55. The molecule has 200 valence electrons. The van der Waals surface area contributed by atoms with Crippen molar-refractivity contribution < 1.29 is 9.53 Å². The van der Waals surface area contributed by atoms with E-state index in [4.69, 9.17) is 9.72 Å². The van der Waals surface area contributed by atoms with Crippen molar-refractivity contribution in [3.8, 4) is 22.5 Å². The molecule has 5 rings (SSSR count). The van der Waals surface area contributed by atoms with Gasteiger partial charge in [0.25, 0.3) is 5.56 Å². The zero-order valence-corrected chi connectivity index (χ0v) is 22.8. The quantitative estimate of drug-likeness (QED) is 0.273. The number of aryl methyl sites for hydroxylation is 2. The first-order chi connectivity index (χ1) is 18.5. The fourth-order valence-corrected chi connectivity index (χ4v) is 4.64. The van der Waals surface area contributed by atoms with Gasteiger partial charge in [-0.1, -0.05) is 62.4 Å². The summed E-state index contributed by atoms with van der Waals surface area (Å²) < 4.78 is 6.86. The number of rotatable bonds is 8. The van der Waals surface area contributed by atoms with Crippen LogP contribution in [0.1, 0.15) is 48.1 Å². The summed E-state index contributed by atoms with van der Waals surface area (Å²) in [5.41, 5.74) is 5.95. The summed E-state index contributed by atoms with van der Waals surface area (Å²) in [6.45, 7) is 6.27. The molecule has 0 radical (unpaired) electrons. The Labute approximate surface area is 231 Å². The summed E-state index contributed by atoms with van der Waals surface area (Å²) in [6.07, 6.45) is 1.42. The molecule has 0 amide bonds. The topological polar surface area (TPSA) is 116 Å². The van der Waals surface area contributed by atoms with Crippen molar-refractivity contribution in [1.82, 2.24) is 30.2 Å². The maximum atomic E-state index is 13.6. The molecule has 0 fully saturated rings. The molecule has 0 aliphatic rings.